The summed E-state index contributed by atoms with van der Waals surface area (Å²) in [6, 6.07) is 6.12. The summed E-state index contributed by atoms with van der Waals surface area (Å²) >= 11 is 10.00. The van der Waals surface area contributed by atoms with Gasteiger partial charge in [0.05, 0.1) is 16.2 Å². The Labute approximate surface area is 167 Å². The third kappa shape index (κ3) is 4.60. The van der Waals surface area contributed by atoms with E-state index < -0.39 is 5.60 Å². The largest absolute Gasteiger partial charge is 0.444 e. The summed E-state index contributed by atoms with van der Waals surface area (Å²) in [5.41, 5.74) is 1.44. The normalized spacial score (nSPS) is 16.0. The number of carbonyl (C=O) groups is 1. The van der Waals surface area contributed by atoms with E-state index >= 15 is 0 Å². The minimum atomic E-state index is -0.484. The van der Waals surface area contributed by atoms with E-state index in [4.69, 9.17) is 16.3 Å². The number of amides is 1. The molecule has 1 aliphatic rings. The number of fused-ring (bicyclic) bond motifs is 1. The number of anilines is 1. The minimum Gasteiger partial charge on any atom is -0.444 e. The number of hydrogen-bond donors (Lipinski definition) is 1. The van der Waals surface area contributed by atoms with E-state index in [2.05, 4.69) is 37.2 Å². The highest BCUT2D eigenvalue weighted by molar-refractivity contribution is 9.10. The maximum atomic E-state index is 12.0. The molecule has 1 aromatic heterocycles. The number of carbonyl (C=O) groups excluding carboxylic acids is 1. The highest BCUT2D eigenvalue weighted by Crippen LogP contribution is 2.36. The number of nitrogens with one attached hydrogen (secondary N) is 1. The van der Waals surface area contributed by atoms with Gasteiger partial charge in [-0.2, -0.15) is 0 Å². The van der Waals surface area contributed by atoms with Crippen molar-refractivity contribution in [3.8, 4) is 0 Å². The number of hydrogen-bond acceptors (Lipinski definition) is 4. The van der Waals surface area contributed by atoms with E-state index in [-0.39, 0.29) is 12.1 Å². The van der Waals surface area contributed by atoms with Crippen LogP contribution in [0.1, 0.15) is 33.6 Å². The van der Waals surface area contributed by atoms with E-state index in [1.807, 2.05) is 32.9 Å². The zero-order chi connectivity index (χ0) is 18.9. The van der Waals surface area contributed by atoms with Crippen LogP contribution >= 0.6 is 27.5 Å². The molecule has 1 amide bonds. The number of alkyl carbamates (subject to hydrolysis) is 1. The molecular formula is C19H23BrClN3O2. The van der Waals surface area contributed by atoms with Gasteiger partial charge in [-0.25, -0.2) is 4.79 Å². The molecule has 1 aromatic carbocycles. The molecule has 0 bridgehead atoms. The summed E-state index contributed by atoms with van der Waals surface area (Å²) < 4.78 is 6.34. The van der Waals surface area contributed by atoms with Crippen LogP contribution in [-0.4, -0.2) is 35.8 Å². The number of benzene rings is 1. The van der Waals surface area contributed by atoms with Crippen molar-refractivity contribution in [1.82, 2.24) is 10.3 Å². The Bertz CT molecular complexity index is 809. The Morgan fingerprint density at radius 1 is 1.35 bits per heavy atom. The van der Waals surface area contributed by atoms with E-state index in [1.54, 1.807) is 6.20 Å². The zero-order valence-electron chi connectivity index (χ0n) is 15.2. The second-order valence-electron chi connectivity index (χ2n) is 7.52. The van der Waals surface area contributed by atoms with Gasteiger partial charge in [0, 0.05) is 35.2 Å². The second-order valence-corrected chi connectivity index (χ2v) is 8.85. The van der Waals surface area contributed by atoms with Gasteiger partial charge in [0.1, 0.15) is 5.60 Å². The van der Waals surface area contributed by atoms with Crippen LogP contribution in [0.2, 0.25) is 5.02 Å². The maximum Gasteiger partial charge on any atom is 0.407 e. The van der Waals surface area contributed by atoms with Crippen molar-refractivity contribution in [2.24, 2.45) is 0 Å². The number of piperidine rings is 1. The smallest absolute Gasteiger partial charge is 0.407 e. The van der Waals surface area contributed by atoms with Gasteiger partial charge < -0.3 is 15.0 Å². The van der Waals surface area contributed by atoms with Gasteiger partial charge >= 0.3 is 6.09 Å². The first-order valence-electron chi connectivity index (χ1n) is 8.71. The van der Waals surface area contributed by atoms with Crippen LogP contribution in [0.4, 0.5) is 10.5 Å². The molecule has 2 heterocycles. The second kappa shape index (κ2) is 7.61. The van der Waals surface area contributed by atoms with Crippen molar-refractivity contribution in [2.75, 3.05) is 18.0 Å². The average molecular weight is 441 g/mol. The molecule has 3 rings (SSSR count). The Kier molecular flexibility index (Phi) is 5.63. The number of nitrogens with zero attached hydrogens (tertiary/aromatic N) is 2. The predicted octanol–water partition coefficient (Wildman–Crippen LogP) is 5.14. The first-order chi connectivity index (χ1) is 12.2. The summed E-state index contributed by atoms with van der Waals surface area (Å²) in [7, 11) is 0. The first kappa shape index (κ1) is 19.2. The fourth-order valence-electron chi connectivity index (χ4n) is 3.17. The van der Waals surface area contributed by atoms with Gasteiger partial charge in [-0.05, 0) is 51.8 Å². The van der Waals surface area contributed by atoms with Crippen LogP contribution in [0.5, 0.6) is 0 Å². The van der Waals surface area contributed by atoms with Crippen molar-refractivity contribution in [2.45, 2.75) is 45.3 Å². The van der Waals surface area contributed by atoms with Crippen molar-refractivity contribution in [1.29, 1.82) is 0 Å². The Morgan fingerprint density at radius 2 is 2.04 bits per heavy atom. The number of halogens is 2. The Balaban J connectivity index is 1.71. The molecule has 26 heavy (non-hydrogen) atoms. The standard InChI is InChI=1S/C19H23BrClN3O2/c1-19(2,3)26-18(25)23-13-6-8-24(9-7-13)17-14-10-12(20)4-5-16(14)22-11-15(17)21/h4-5,10-11,13H,6-9H2,1-3H3,(H,23,25). The van der Waals surface area contributed by atoms with Crippen LogP contribution in [0.25, 0.3) is 10.9 Å². The molecule has 1 aliphatic heterocycles. The van der Waals surface area contributed by atoms with Crippen molar-refractivity contribution < 1.29 is 9.53 Å². The van der Waals surface area contributed by atoms with Gasteiger partial charge in [-0.3, -0.25) is 4.98 Å². The lowest BCUT2D eigenvalue weighted by Crippen LogP contribution is -2.46. The molecule has 1 N–H and O–H groups in total. The first-order valence-corrected chi connectivity index (χ1v) is 9.88. The summed E-state index contributed by atoms with van der Waals surface area (Å²) in [5.74, 6) is 0. The summed E-state index contributed by atoms with van der Waals surface area (Å²) in [4.78, 5) is 18.6. The van der Waals surface area contributed by atoms with Crippen LogP contribution in [0.15, 0.2) is 28.9 Å². The number of rotatable bonds is 2. The third-order valence-corrected chi connectivity index (χ3v) is 5.06. The molecule has 5 nitrogen and oxygen atoms in total. The molecule has 0 spiro atoms. The molecule has 0 atom stereocenters. The lowest BCUT2D eigenvalue weighted by molar-refractivity contribution is 0.0497. The fraction of sp³-hybridized carbons (Fsp3) is 0.474. The molecule has 1 saturated heterocycles. The predicted molar refractivity (Wildman–Crippen MR) is 109 cm³/mol. The molecule has 140 valence electrons. The number of pyridine rings is 1. The van der Waals surface area contributed by atoms with Crippen molar-refractivity contribution >= 4 is 50.2 Å². The Hall–Kier alpha value is -1.53. The van der Waals surface area contributed by atoms with Crippen LogP contribution in [0.3, 0.4) is 0 Å². The van der Waals surface area contributed by atoms with Crippen LogP contribution in [0, 0.1) is 0 Å². The molecule has 7 heteroatoms. The third-order valence-electron chi connectivity index (χ3n) is 4.29. The van der Waals surface area contributed by atoms with Gasteiger partial charge in [0.15, 0.2) is 0 Å². The van der Waals surface area contributed by atoms with E-state index in [9.17, 15) is 4.79 Å². The quantitative estimate of drug-likeness (QED) is 0.702. The molecule has 0 saturated carbocycles. The van der Waals surface area contributed by atoms with Crippen LogP contribution in [-0.2, 0) is 4.74 Å². The topological polar surface area (TPSA) is 54.5 Å². The molecule has 1 fully saturated rings. The molecule has 2 aromatic rings. The molecular weight excluding hydrogens is 418 g/mol. The average Bonchev–Trinajstić information content (AvgIpc) is 2.54. The summed E-state index contributed by atoms with van der Waals surface area (Å²) in [6.07, 6.45) is 3.03. The zero-order valence-corrected chi connectivity index (χ0v) is 17.5. The van der Waals surface area contributed by atoms with E-state index in [0.29, 0.717) is 5.02 Å². The Morgan fingerprint density at radius 3 is 2.69 bits per heavy atom. The highest BCUT2D eigenvalue weighted by Gasteiger charge is 2.25. The maximum absolute atomic E-state index is 12.0. The van der Waals surface area contributed by atoms with Crippen molar-refractivity contribution in [3.63, 3.8) is 0 Å². The molecule has 0 radical (unpaired) electrons. The summed E-state index contributed by atoms with van der Waals surface area (Å²) in [6.45, 7) is 7.22. The van der Waals surface area contributed by atoms with E-state index in [1.165, 1.54) is 0 Å². The van der Waals surface area contributed by atoms with Gasteiger partial charge in [0.25, 0.3) is 0 Å². The lowest BCUT2D eigenvalue weighted by atomic mass is 10.0. The van der Waals surface area contributed by atoms with Gasteiger partial charge in [-0.15, -0.1) is 0 Å². The number of aromatic nitrogens is 1. The minimum absolute atomic E-state index is 0.111. The fourth-order valence-corrected chi connectivity index (χ4v) is 3.80. The lowest BCUT2D eigenvalue weighted by Gasteiger charge is -2.35. The van der Waals surface area contributed by atoms with Gasteiger partial charge in [0.2, 0.25) is 0 Å². The van der Waals surface area contributed by atoms with Crippen LogP contribution < -0.4 is 10.2 Å². The van der Waals surface area contributed by atoms with Crippen molar-refractivity contribution in [3.05, 3.63) is 33.9 Å². The summed E-state index contributed by atoms with van der Waals surface area (Å²) in [5, 5.41) is 4.65. The molecule has 0 aliphatic carbocycles. The SMILES string of the molecule is CC(C)(C)OC(=O)NC1CCN(c2c(Cl)cnc3ccc(Br)cc23)CC1. The van der Waals surface area contributed by atoms with E-state index in [0.717, 1.165) is 47.0 Å². The molecule has 0 unspecified atom stereocenters. The highest BCUT2D eigenvalue weighted by atomic mass is 79.9. The number of ether oxygens (including phenoxy) is 1. The van der Waals surface area contributed by atoms with Gasteiger partial charge in [-0.1, -0.05) is 27.5 Å². The monoisotopic (exact) mass is 439 g/mol.